The normalized spacial score (nSPS) is 34.5. The number of aliphatic hydroxyl groups is 1. The first-order valence-corrected chi connectivity index (χ1v) is 6.62. The molecule has 0 radical (unpaired) electrons. The van der Waals surface area contributed by atoms with Crippen molar-refractivity contribution in [1.82, 2.24) is 0 Å². The predicted molar refractivity (Wildman–Crippen MR) is 62.5 cm³/mol. The topological polar surface area (TPSA) is 59.1 Å². The molecule has 1 heterocycles. The number of aliphatic hydroxyl groups excluding tert-OH is 1. The van der Waals surface area contributed by atoms with Gasteiger partial charge in [0, 0.05) is 18.8 Å². The van der Waals surface area contributed by atoms with Gasteiger partial charge >= 0.3 is 5.97 Å². The van der Waals surface area contributed by atoms with Gasteiger partial charge in [-0.05, 0) is 12.8 Å². The van der Waals surface area contributed by atoms with E-state index in [0.717, 1.165) is 38.5 Å². The van der Waals surface area contributed by atoms with Crippen molar-refractivity contribution in [3.8, 4) is 0 Å². The van der Waals surface area contributed by atoms with E-state index in [1.54, 1.807) is 0 Å². The van der Waals surface area contributed by atoms with E-state index in [1.807, 2.05) is 0 Å². The van der Waals surface area contributed by atoms with Crippen LogP contribution >= 0.6 is 0 Å². The number of unbranched alkanes of at least 4 members (excludes halogenated alkanes) is 3. The summed E-state index contributed by atoms with van der Waals surface area (Å²) < 4.78 is 10.0. The zero-order chi connectivity index (χ0) is 12.3. The first kappa shape index (κ1) is 12.8. The van der Waals surface area contributed by atoms with Crippen LogP contribution in [-0.2, 0) is 14.3 Å². The number of epoxide rings is 1. The van der Waals surface area contributed by atoms with Crippen molar-refractivity contribution in [3.05, 3.63) is 0 Å². The van der Waals surface area contributed by atoms with E-state index in [-0.39, 0.29) is 12.1 Å². The molecule has 98 valence electrons. The van der Waals surface area contributed by atoms with Crippen molar-refractivity contribution in [1.29, 1.82) is 0 Å². The molecule has 0 spiro atoms. The van der Waals surface area contributed by atoms with Crippen LogP contribution in [0, 0.1) is 5.92 Å². The third-order valence-corrected chi connectivity index (χ3v) is 3.91. The third kappa shape index (κ3) is 3.42. The molecule has 0 aromatic carbocycles. The molecule has 0 amide bonds. The molecule has 4 heteroatoms. The number of hydrogen-bond donors (Lipinski definition) is 1. The molecule has 2 fully saturated rings. The molecule has 0 bridgehead atoms. The predicted octanol–water partition coefficient (Wildman–Crippen LogP) is 1.65. The van der Waals surface area contributed by atoms with Crippen LogP contribution in [0.3, 0.4) is 0 Å². The largest absolute Gasteiger partial charge is 0.469 e. The van der Waals surface area contributed by atoms with E-state index in [1.165, 1.54) is 7.11 Å². The lowest BCUT2D eigenvalue weighted by atomic mass is 9.96. The van der Waals surface area contributed by atoms with Crippen LogP contribution < -0.4 is 0 Å². The van der Waals surface area contributed by atoms with Crippen molar-refractivity contribution in [2.45, 2.75) is 63.3 Å². The SMILES string of the molecule is COC(=O)CCCCCCC1C(O)CC2OC21. The van der Waals surface area contributed by atoms with Crippen LogP contribution in [0.4, 0.5) is 0 Å². The van der Waals surface area contributed by atoms with Crippen LogP contribution in [0.25, 0.3) is 0 Å². The van der Waals surface area contributed by atoms with Gasteiger partial charge in [-0.2, -0.15) is 0 Å². The molecule has 2 aliphatic rings. The number of rotatable bonds is 7. The number of carbonyl (C=O) groups excluding carboxylic acids is 1. The van der Waals surface area contributed by atoms with Crippen molar-refractivity contribution < 1.29 is 19.4 Å². The summed E-state index contributed by atoms with van der Waals surface area (Å²) in [6.07, 6.45) is 7.18. The second kappa shape index (κ2) is 5.83. The summed E-state index contributed by atoms with van der Waals surface area (Å²) in [6.45, 7) is 0. The summed E-state index contributed by atoms with van der Waals surface area (Å²) in [6, 6.07) is 0. The standard InChI is InChI=1S/C13H22O4/c1-16-12(15)7-5-3-2-4-6-9-10(14)8-11-13(9)17-11/h9-11,13-14H,2-8H2,1H3. The van der Waals surface area contributed by atoms with Gasteiger partial charge in [-0.15, -0.1) is 0 Å². The molecular weight excluding hydrogens is 220 g/mol. The van der Waals surface area contributed by atoms with Crippen molar-refractivity contribution in [2.24, 2.45) is 5.92 Å². The maximum atomic E-state index is 10.9. The molecule has 1 N–H and O–H groups in total. The van der Waals surface area contributed by atoms with Crippen LogP contribution in [0.15, 0.2) is 0 Å². The molecule has 0 aromatic rings. The fourth-order valence-electron chi connectivity index (χ4n) is 2.82. The number of esters is 1. The lowest BCUT2D eigenvalue weighted by Crippen LogP contribution is -2.19. The van der Waals surface area contributed by atoms with Gasteiger partial charge in [0.2, 0.25) is 0 Å². The van der Waals surface area contributed by atoms with Gasteiger partial charge in [-0.3, -0.25) is 4.79 Å². The molecule has 2 rings (SSSR count). The van der Waals surface area contributed by atoms with Crippen molar-refractivity contribution >= 4 is 5.97 Å². The molecule has 4 atom stereocenters. The Hall–Kier alpha value is -0.610. The second-order valence-electron chi connectivity index (χ2n) is 5.14. The van der Waals surface area contributed by atoms with E-state index in [0.29, 0.717) is 24.5 Å². The summed E-state index contributed by atoms with van der Waals surface area (Å²) >= 11 is 0. The highest BCUT2D eigenvalue weighted by atomic mass is 16.6. The van der Waals surface area contributed by atoms with Crippen LogP contribution in [0.2, 0.25) is 0 Å². The van der Waals surface area contributed by atoms with Gasteiger partial charge < -0.3 is 14.6 Å². The maximum absolute atomic E-state index is 10.9. The Balaban J connectivity index is 1.48. The Labute approximate surface area is 102 Å². The highest BCUT2D eigenvalue weighted by molar-refractivity contribution is 5.68. The summed E-state index contributed by atoms with van der Waals surface area (Å²) in [5.41, 5.74) is 0. The first-order chi connectivity index (χ1) is 8.22. The van der Waals surface area contributed by atoms with Crippen molar-refractivity contribution in [2.75, 3.05) is 7.11 Å². The molecule has 1 saturated heterocycles. The van der Waals surface area contributed by atoms with Crippen LogP contribution in [-0.4, -0.2) is 36.5 Å². The number of ether oxygens (including phenoxy) is 2. The van der Waals surface area contributed by atoms with E-state index in [4.69, 9.17) is 4.74 Å². The molecular formula is C13H22O4. The zero-order valence-electron chi connectivity index (χ0n) is 10.4. The molecule has 4 nitrogen and oxygen atoms in total. The van der Waals surface area contributed by atoms with Gasteiger partial charge in [-0.1, -0.05) is 19.3 Å². The van der Waals surface area contributed by atoms with E-state index < -0.39 is 0 Å². The third-order valence-electron chi connectivity index (χ3n) is 3.91. The average Bonchev–Trinajstić information content (AvgIpc) is 3.00. The van der Waals surface area contributed by atoms with Crippen molar-refractivity contribution in [3.63, 3.8) is 0 Å². The van der Waals surface area contributed by atoms with Crippen LogP contribution in [0.5, 0.6) is 0 Å². The second-order valence-corrected chi connectivity index (χ2v) is 5.14. The van der Waals surface area contributed by atoms with Gasteiger partial charge in [0.1, 0.15) is 0 Å². The number of hydrogen-bond acceptors (Lipinski definition) is 4. The number of methoxy groups -OCH3 is 1. The highest BCUT2D eigenvalue weighted by Crippen LogP contribution is 2.45. The Kier molecular flexibility index (Phi) is 4.40. The fourth-order valence-corrected chi connectivity index (χ4v) is 2.82. The molecule has 1 aliphatic carbocycles. The minimum absolute atomic E-state index is 0.120. The van der Waals surface area contributed by atoms with E-state index >= 15 is 0 Å². The summed E-state index contributed by atoms with van der Waals surface area (Å²) in [5.74, 6) is 0.242. The zero-order valence-corrected chi connectivity index (χ0v) is 10.4. The first-order valence-electron chi connectivity index (χ1n) is 6.62. The minimum Gasteiger partial charge on any atom is -0.469 e. The summed E-state index contributed by atoms with van der Waals surface area (Å²) in [4.78, 5) is 10.9. The van der Waals surface area contributed by atoms with Gasteiger partial charge in [0.05, 0.1) is 25.4 Å². The molecule has 1 saturated carbocycles. The number of fused-ring (bicyclic) bond motifs is 1. The summed E-state index contributed by atoms with van der Waals surface area (Å²) in [7, 11) is 1.43. The molecule has 17 heavy (non-hydrogen) atoms. The maximum Gasteiger partial charge on any atom is 0.305 e. The van der Waals surface area contributed by atoms with Gasteiger partial charge in [0.25, 0.3) is 0 Å². The number of carbonyl (C=O) groups is 1. The monoisotopic (exact) mass is 242 g/mol. The van der Waals surface area contributed by atoms with Gasteiger partial charge in [-0.25, -0.2) is 0 Å². The fraction of sp³-hybridized carbons (Fsp3) is 0.923. The van der Waals surface area contributed by atoms with Gasteiger partial charge in [0.15, 0.2) is 0 Å². The Morgan fingerprint density at radius 3 is 2.76 bits per heavy atom. The Bertz CT molecular complexity index is 264. The quantitative estimate of drug-likeness (QED) is 0.419. The molecule has 1 aliphatic heterocycles. The minimum atomic E-state index is -0.145. The highest BCUT2D eigenvalue weighted by Gasteiger charge is 2.54. The van der Waals surface area contributed by atoms with Crippen LogP contribution in [0.1, 0.15) is 44.9 Å². The molecule has 0 aromatic heterocycles. The summed E-state index contributed by atoms with van der Waals surface area (Å²) in [5, 5.41) is 9.76. The Morgan fingerprint density at radius 1 is 1.35 bits per heavy atom. The lowest BCUT2D eigenvalue weighted by Gasteiger charge is -2.16. The lowest BCUT2D eigenvalue weighted by molar-refractivity contribution is -0.140. The molecule has 4 unspecified atom stereocenters. The average molecular weight is 242 g/mol. The Morgan fingerprint density at radius 2 is 2.12 bits per heavy atom. The van der Waals surface area contributed by atoms with E-state index in [9.17, 15) is 9.90 Å². The van der Waals surface area contributed by atoms with E-state index in [2.05, 4.69) is 4.74 Å². The smallest absolute Gasteiger partial charge is 0.305 e.